The topological polar surface area (TPSA) is 26.3 Å². The van der Waals surface area contributed by atoms with Crippen LogP contribution in [-0.2, 0) is 4.79 Å². The summed E-state index contributed by atoms with van der Waals surface area (Å²) < 4.78 is 41.7. The van der Waals surface area contributed by atoms with Crippen molar-refractivity contribution in [1.82, 2.24) is 0 Å². The van der Waals surface area contributed by atoms with Gasteiger partial charge in [0, 0.05) is 6.92 Å². The zero-order chi connectivity index (χ0) is 13.5. The van der Waals surface area contributed by atoms with Crippen molar-refractivity contribution in [1.29, 1.82) is 0 Å². The fraction of sp³-hybridized carbons (Fsp3) is 0.250. The van der Waals surface area contributed by atoms with Crippen molar-refractivity contribution in [2.24, 2.45) is 0 Å². The summed E-state index contributed by atoms with van der Waals surface area (Å²) in [4.78, 5) is 10.6. The van der Waals surface area contributed by atoms with Gasteiger partial charge in [-0.3, -0.25) is 4.79 Å². The van der Waals surface area contributed by atoms with Gasteiger partial charge >= 0.3 is 6.61 Å². The third-order valence-electron chi connectivity index (χ3n) is 1.75. The van der Waals surface area contributed by atoms with Crippen LogP contribution in [0.5, 0.6) is 5.75 Å². The number of rotatable bonds is 3. The van der Waals surface area contributed by atoms with Crippen molar-refractivity contribution in [2.75, 3.05) is 5.75 Å². The largest absolute Gasteiger partial charge is 0.433 e. The lowest BCUT2D eigenvalue weighted by atomic mass is 10.2. The van der Waals surface area contributed by atoms with Crippen LogP contribution in [0.15, 0.2) is 18.2 Å². The maximum absolute atomic E-state index is 13.4. The minimum atomic E-state index is -3.04. The van der Waals surface area contributed by atoms with Gasteiger partial charge in [0.05, 0.1) is 5.75 Å². The molecule has 0 spiro atoms. The number of halogens is 3. The van der Waals surface area contributed by atoms with Crippen LogP contribution in [-0.4, -0.2) is 17.5 Å². The molecule has 0 radical (unpaired) electrons. The summed E-state index contributed by atoms with van der Waals surface area (Å²) in [6.07, 6.45) is 0. The highest BCUT2D eigenvalue weighted by atomic mass is 32.2. The summed E-state index contributed by atoms with van der Waals surface area (Å²) in [5, 5.41) is -0.123. The average Bonchev–Trinajstić information content (AvgIpc) is 2.26. The first-order chi connectivity index (χ1) is 8.50. The molecule has 1 aromatic rings. The molecule has 0 heterocycles. The Hall–Kier alpha value is -1.61. The van der Waals surface area contributed by atoms with E-state index in [1.165, 1.54) is 19.1 Å². The van der Waals surface area contributed by atoms with Crippen molar-refractivity contribution >= 4 is 16.9 Å². The molecule has 0 aliphatic carbocycles. The van der Waals surface area contributed by atoms with Crippen LogP contribution in [0.25, 0.3) is 0 Å². The maximum atomic E-state index is 13.4. The van der Waals surface area contributed by atoms with Gasteiger partial charge in [0.2, 0.25) is 0 Å². The normalized spacial score (nSPS) is 9.83. The Bertz CT molecular complexity index is 492. The molecule has 0 bridgehead atoms. The van der Waals surface area contributed by atoms with Gasteiger partial charge in [0.15, 0.2) is 5.12 Å². The highest BCUT2D eigenvalue weighted by molar-refractivity contribution is 8.13. The molecule has 0 aliphatic heterocycles. The number of carbonyl (C=O) groups is 1. The van der Waals surface area contributed by atoms with Crippen molar-refractivity contribution < 1.29 is 22.7 Å². The van der Waals surface area contributed by atoms with E-state index in [1.54, 1.807) is 0 Å². The molecule has 1 aromatic carbocycles. The Morgan fingerprint density at radius 3 is 2.83 bits per heavy atom. The summed E-state index contributed by atoms with van der Waals surface area (Å²) in [6.45, 7) is -1.67. The zero-order valence-corrected chi connectivity index (χ0v) is 10.2. The average molecular weight is 274 g/mol. The molecule has 0 N–H and O–H groups in total. The minimum Gasteiger partial charge on any atom is -0.433 e. The van der Waals surface area contributed by atoms with E-state index < -0.39 is 12.4 Å². The number of benzene rings is 1. The van der Waals surface area contributed by atoms with Crippen LogP contribution >= 0.6 is 11.8 Å². The van der Waals surface area contributed by atoms with Gasteiger partial charge in [0.1, 0.15) is 17.1 Å². The van der Waals surface area contributed by atoms with E-state index in [1.807, 2.05) is 0 Å². The van der Waals surface area contributed by atoms with Crippen LogP contribution in [0.4, 0.5) is 13.2 Å². The number of hydrogen-bond acceptors (Lipinski definition) is 3. The Morgan fingerprint density at radius 1 is 1.50 bits per heavy atom. The molecule has 0 fully saturated rings. The molecule has 0 aromatic heterocycles. The lowest BCUT2D eigenvalue weighted by Gasteiger charge is -2.06. The standard InChI is InChI=1S/C12H9F3O2S/c1-8(16)18-7-3-4-9-10(13)5-2-6-11(9)17-12(14)15/h2,5-6,12H,7H2,1H3. The molecule has 2 nitrogen and oxygen atoms in total. The monoisotopic (exact) mass is 274 g/mol. The van der Waals surface area contributed by atoms with Crippen molar-refractivity contribution in [3.8, 4) is 17.6 Å². The van der Waals surface area contributed by atoms with Gasteiger partial charge in [0.25, 0.3) is 0 Å². The first-order valence-corrected chi connectivity index (χ1v) is 5.85. The van der Waals surface area contributed by atoms with E-state index in [-0.39, 0.29) is 22.2 Å². The molecule has 0 saturated heterocycles. The SMILES string of the molecule is CC(=O)SCC#Cc1c(F)cccc1OC(F)F. The van der Waals surface area contributed by atoms with Crippen LogP contribution in [0, 0.1) is 17.7 Å². The van der Waals surface area contributed by atoms with Gasteiger partial charge in [-0.2, -0.15) is 8.78 Å². The first kappa shape index (κ1) is 14.5. The Balaban J connectivity index is 2.88. The smallest absolute Gasteiger partial charge is 0.387 e. The van der Waals surface area contributed by atoms with Crippen molar-refractivity contribution in [3.05, 3.63) is 29.6 Å². The van der Waals surface area contributed by atoms with E-state index in [2.05, 4.69) is 16.6 Å². The number of hydrogen-bond donors (Lipinski definition) is 0. The Labute approximate surface area is 107 Å². The van der Waals surface area contributed by atoms with Crippen LogP contribution in [0.2, 0.25) is 0 Å². The van der Waals surface area contributed by atoms with Gasteiger partial charge in [-0.05, 0) is 12.1 Å². The summed E-state index contributed by atoms with van der Waals surface area (Å²) in [5.74, 6) is 4.01. The molecule has 0 aliphatic rings. The number of thioether (sulfide) groups is 1. The summed E-state index contributed by atoms with van der Waals surface area (Å²) >= 11 is 0.952. The van der Waals surface area contributed by atoms with E-state index >= 15 is 0 Å². The van der Waals surface area contributed by atoms with Crippen molar-refractivity contribution in [2.45, 2.75) is 13.5 Å². The second kappa shape index (κ2) is 6.97. The molecule has 6 heteroatoms. The minimum absolute atomic E-state index is 0.123. The fourth-order valence-electron chi connectivity index (χ4n) is 1.08. The maximum Gasteiger partial charge on any atom is 0.387 e. The van der Waals surface area contributed by atoms with E-state index in [9.17, 15) is 18.0 Å². The Morgan fingerprint density at radius 2 is 2.22 bits per heavy atom. The predicted molar refractivity (Wildman–Crippen MR) is 63.0 cm³/mol. The molecule has 0 unspecified atom stereocenters. The first-order valence-electron chi connectivity index (χ1n) is 4.86. The Kier molecular flexibility index (Phi) is 5.59. The zero-order valence-electron chi connectivity index (χ0n) is 9.38. The van der Waals surface area contributed by atoms with E-state index in [0.717, 1.165) is 17.8 Å². The third kappa shape index (κ3) is 4.72. The van der Waals surface area contributed by atoms with Gasteiger partial charge in [-0.1, -0.05) is 29.7 Å². The van der Waals surface area contributed by atoms with Crippen LogP contribution in [0.1, 0.15) is 12.5 Å². The third-order valence-corrected chi connectivity index (χ3v) is 2.45. The fourth-order valence-corrected chi connectivity index (χ4v) is 1.43. The molecule has 0 atom stereocenters. The van der Waals surface area contributed by atoms with E-state index in [0.29, 0.717) is 0 Å². The summed E-state index contributed by atoms with van der Waals surface area (Å²) in [7, 11) is 0. The highest BCUT2D eigenvalue weighted by Gasteiger charge is 2.11. The second-order valence-electron chi connectivity index (χ2n) is 3.07. The lowest BCUT2D eigenvalue weighted by Crippen LogP contribution is -2.04. The molecule has 96 valence electrons. The number of ether oxygens (including phenoxy) is 1. The van der Waals surface area contributed by atoms with Crippen molar-refractivity contribution in [3.63, 3.8) is 0 Å². The van der Waals surface area contributed by atoms with E-state index in [4.69, 9.17) is 0 Å². The van der Waals surface area contributed by atoms with Crippen LogP contribution in [0.3, 0.4) is 0 Å². The molecular formula is C12H9F3O2S. The highest BCUT2D eigenvalue weighted by Crippen LogP contribution is 2.22. The molecular weight excluding hydrogens is 265 g/mol. The quantitative estimate of drug-likeness (QED) is 0.792. The second-order valence-corrected chi connectivity index (χ2v) is 4.23. The number of carbonyl (C=O) groups excluding carboxylic acids is 1. The molecule has 18 heavy (non-hydrogen) atoms. The van der Waals surface area contributed by atoms with Crippen LogP contribution < -0.4 is 4.74 Å². The number of alkyl halides is 2. The molecule has 0 amide bonds. The van der Waals surface area contributed by atoms with Gasteiger partial charge in [-0.15, -0.1) is 0 Å². The predicted octanol–water partition coefficient (Wildman–Crippen LogP) is 3.06. The van der Waals surface area contributed by atoms with Gasteiger partial charge < -0.3 is 4.74 Å². The van der Waals surface area contributed by atoms with Gasteiger partial charge in [-0.25, -0.2) is 4.39 Å². The molecule has 1 rings (SSSR count). The summed E-state index contributed by atoms with van der Waals surface area (Å²) in [5.41, 5.74) is -0.234. The summed E-state index contributed by atoms with van der Waals surface area (Å²) in [6, 6.07) is 3.56. The molecule has 0 saturated carbocycles. The lowest BCUT2D eigenvalue weighted by molar-refractivity contribution is -0.109.